The van der Waals surface area contributed by atoms with E-state index in [2.05, 4.69) is 34.2 Å². The van der Waals surface area contributed by atoms with Gasteiger partial charge in [0, 0.05) is 17.6 Å². The van der Waals surface area contributed by atoms with Crippen molar-refractivity contribution in [2.24, 2.45) is 0 Å². The Morgan fingerprint density at radius 1 is 1.21 bits per heavy atom. The number of hydrogen-bond donors (Lipinski definition) is 1. The van der Waals surface area contributed by atoms with Crippen LogP contribution in [0, 0.1) is 20.8 Å². The minimum absolute atomic E-state index is 0.0989. The molecule has 8 heteroatoms. The van der Waals surface area contributed by atoms with Crippen LogP contribution in [0.3, 0.4) is 0 Å². The number of anilines is 1. The SMILES string of the molecule is C=CCn1c(SCC(=O)Nc2c(C)cc(C)cc2C)nnc1-c1cc2cccc(OC)c2o1. The molecule has 0 bridgehead atoms. The molecule has 4 aromatic rings. The van der Waals surface area contributed by atoms with Gasteiger partial charge in [-0.05, 0) is 44.0 Å². The van der Waals surface area contributed by atoms with E-state index in [0.29, 0.717) is 34.6 Å². The molecule has 0 saturated heterocycles. The van der Waals surface area contributed by atoms with Crippen LogP contribution in [0.5, 0.6) is 5.75 Å². The Morgan fingerprint density at radius 3 is 2.67 bits per heavy atom. The van der Waals surface area contributed by atoms with Crippen molar-refractivity contribution in [1.29, 1.82) is 0 Å². The lowest BCUT2D eigenvalue weighted by Gasteiger charge is -2.12. The maximum absolute atomic E-state index is 12.7. The van der Waals surface area contributed by atoms with Gasteiger partial charge >= 0.3 is 0 Å². The summed E-state index contributed by atoms with van der Waals surface area (Å²) in [5.41, 5.74) is 4.77. The summed E-state index contributed by atoms with van der Waals surface area (Å²) in [6.45, 7) is 10.4. The zero-order valence-corrected chi connectivity index (χ0v) is 20.0. The highest BCUT2D eigenvalue weighted by Gasteiger charge is 2.19. The fourth-order valence-electron chi connectivity index (χ4n) is 3.86. The fraction of sp³-hybridized carbons (Fsp3) is 0.240. The van der Waals surface area contributed by atoms with E-state index in [-0.39, 0.29) is 11.7 Å². The van der Waals surface area contributed by atoms with Gasteiger partial charge in [0.05, 0.1) is 12.9 Å². The lowest BCUT2D eigenvalue weighted by Crippen LogP contribution is -2.16. The molecule has 2 aromatic heterocycles. The quantitative estimate of drug-likeness (QED) is 0.273. The van der Waals surface area contributed by atoms with E-state index in [1.807, 2.05) is 49.6 Å². The first-order valence-corrected chi connectivity index (χ1v) is 11.5. The van der Waals surface area contributed by atoms with E-state index in [9.17, 15) is 4.79 Å². The van der Waals surface area contributed by atoms with Crippen LogP contribution in [-0.2, 0) is 11.3 Å². The van der Waals surface area contributed by atoms with Crippen molar-refractivity contribution >= 4 is 34.3 Å². The van der Waals surface area contributed by atoms with Gasteiger partial charge in [-0.1, -0.05) is 47.7 Å². The number of fused-ring (bicyclic) bond motifs is 1. The number of carbonyl (C=O) groups excluding carboxylic acids is 1. The van der Waals surface area contributed by atoms with Gasteiger partial charge in [0.25, 0.3) is 0 Å². The highest BCUT2D eigenvalue weighted by Crippen LogP contribution is 2.34. The van der Waals surface area contributed by atoms with Crippen molar-refractivity contribution in [1.82, 2.24) is 14.8 Å². The molecule has 0 saturated carbocycles. The van der Waals surface area contributed by atoms with E-state index in [1.165, 1.54) is 17.3 Å². The lowest BCUT2D eigenvalue weighted by molar-refractivity contribution is -0.113. The number of aryl methyl sites for hydroxylation is 3. The average Bonchev–Trinajstić information content (AvgIpc) is 3.38. The Kier molecular flexibility index (Phi) is 6.55. The number of methoxy groups -OCH3 is 1. The van der Waals surface area contributed by atoms with E-state index < -0.39 is 0 Å². The molecule has 7 nitrogen and oxygen atoms in total. The van der Waals surface area contributed by atoms with Crippen LogP contribution in [0.4, 0.5) is 5.69 Å². The molecule has 170 valence electrons. The molecule has 0 atom stereocenters. The Morgan fingerprint density at radius 2 is 1.97 bits per heavy atom. The molecule has 2 heterocycles. The Hall–Kier alpha value is -3.52. The van der Waals surface area contributed by atoms with Gasteiger partial charge in [0.15, 0.2) is 22.2 Å². The largest absolute Gasteiger partial charge is 0.493 e. The van der Waals surface area contributed by atoms with Crippen molar-refractivity contribution in [3.05, 3.63) is 65.7 Å². The highest BCUT2D eigenvalue weighted by atomic mass is 32.2. The average molecular weight is 463 g/mol. The number of ether oxygens (including phenoxy) is 1. The van der Waals surface area contributed by atoms with Gasteiger partial charge in [0.1, 0.15) is 0 Å². The van der Waals surface area contributed by atoms with Crippen molar-refractivity contribution in [3.63, 3.8) is 0 Å². The summed E-state index contributed by atoms with van der Waals surface area (Å²) in [5.74, 6) is 1.91. The highest BCUT2D eigenvalue weighted by molar-refractivity contribution is 7.99. The van der Waals surface area contributed by atoms with E-state index in [1.54, 1.807) is 13.2 Å². The van der Waals surface area contributed by atoms with Gasteiger partial charge in [-0.3, -0.25) is 9.36 Å². The number of rotatable bonds is 8. The summed E-state index contributed by atoms with van der Waals surface area (Å²) in [5, 5.41) is 13.2. The number of amides is 1. The number of para-hydroxylation sites is 1. The van der Waals surface area contributed by atoms with Crippen LogP contribution in [0.15, 0.2) is 58.6 Å². The maximum Gasteiger partial charge on any atom is 0.234 e. The van der Waals surface area contributed by atoms with Crippen LogP contribution < -0.4 is 10.1 Å². The first-order valence-electron chi connectivity index (χ1n) is 10.5. The summed E-state index contributed by atoms with van der Waals surface area (Å²) in [7, 11) is 1.61. The lowest BCUT2D eigenvalue weighted by atomic mass is 10.1. The molecule has 1 amide bonds. The number of nitrogens with zero attached hydrogens (tertiary/aromatic N) is 3. The van der Waals surface area contributed by atoms with E-state index in [0.717, 1.165) is 22.2 Å². The minimum Gasteiger partial charge on any atom is -0.493 e. The van der Waals surface area contributed by atoms with Crippen molar-refractivity contribution < 1.29 is 13.9 Å². The summed E-state index contributed by atoms with van der Waals surface area (Å²) in [6, 6.07) is 11.7. The molecule has 1 N–H and O–H groups in total. The molecule has 0 fully saturated rings. The topological polar surface area (TPSA) is 82.2 Å². The van der Waals surface area contributed by atoms with Crippen LogP contribution >= 0.6 is 11.8 Å². The summed E-state index contributed by atoms with van der Waals surface area (Å²) in [4.78, 5) is 12.7. The molecule has 0 aliphatic carbocycles. The second-order valence-electron chi connectivity index (χ2n) is 7.81. The molecule has 4 rings (SSSR count). The maximum atomic E-state index is 12.7. The number of furan rings is 1. The second kappa shape index (κ2) is 9.54. The molecular formula is C25H26N4O3S. The zero-order chi connectivity index (χ0) is 23.5. The third kappa shape index (κ3) is 4.66. The Labute approximate surface area is 196 Å². The first kappa shape index (κ1) is 22.7. The zero-order valence-electron chi connectivity index (χ0n) is 19.1. The van der Waals surface area contributed by atoms with Crippen LogP contribution in [0.2, 0.25) is 0 Å². The molecule has 0 radical (unpaired) electrons. The summed E-state index contributed by atoms with van der Waals surface area (Å²) >= 11 is 1.32. The number of nitrogens with one attached hydrogen (secondary N) is 1. The molecule has 2 aromatic carbocycles. The number of hydrogen-bond acceptors (Lipinski definition) is 6. The fourth-order valence-corrected chi connectivity index (χ4v) is 4.61. The second-order valence-corrected chi connectivity index (χ2v) is 8.75. The van der Waals surface area contributed by atoms with Crippen LogP contribution in [-0.4, -0.2) is 33.5 Å². The Balaban J connectivity index is 1.55. The number of aromatic nitrogens is 3. The number of thioether (sulfide) groups is 1. The number of allylic oxidation sites excluding steroid dienone is 1. The molecule has 0 spiro atoms. The third-order valence-electron chi connectivity index (χ3n) is 5.25. The first-order chi connectivity index (χ1) is 15.9. The summed E-state index contributed by atoms with van der Waals surface area (Å²) in [6.07, 6.45) is 1.76. The predicted octanol–water partition coefficient (Wildman–Crippen LogP) is 5.54. The standard InChI is InChI=1S/C25H26N4O3S/c1-6-10-29-24(20-13-18-8-7-9-19(31-5)23(18)32-20)27-28-25(29)33-14-21(30)26-22-16(3)11-15(2)12-17(22)4/h6-9,11-13H,1,10,14H2,2-5H3,(H,26,30). The molecule has 33 heavy (non-hydrogen) atoms. The normalized spacial score (nSPS) is 11.0. The predicted molar refractivity (Wildman–Crippen MR) is 132 cm³/mol. The van der Waals surface area contributed by atoms with Crippen molar-refractivity contribution in [2.75, 3.05) is 18.2 Å². The van der Waals surface area contributed by atoms with Gasteiger partial charge in [0.2, 0.25) is 11.7 Å². The van der Waals surface area contributed by atoms with Gasteiger partial charge in [-0.15, -0.1) is 16.8 Å². The molecule has 0 aliphatic heterocycles. The smallest absolute Gasteiger partial charge is 0.234 e. The molecule has 0 unspecified atom stereocenters. The van der Waals surface area contributed by atoms with Gasteiger partial charge in [-0.25, -0.2) is 0 Å². The minimum atomic E-state index is -0.0989. The van der Waals surface area contributed by atoms with Gasteiger partial charge < -0.3 is 14.5 Å². The third-order valence-corrected chi connectivity index (χ3v) is 6.22. The summed E-state index contributed by atoms with van der Waals surface area (Å²) < 4.78 is 13.3. The van der Waals surface area contributed by atoms with E-state index >= 15 is 0 Å². The van der Waals surface area contributed by atoms with Crippen molar-refractivity contribution in [3.8, 4) is 17.3 Å². The van der Waals surface area contributed by atoms with Gasteiger partial charge in [-0.2, -0.15) is 0 Å². The van der Waals surface area contributed by atoms with Crippen LogP contribution in [0.1, 0.15) is 16.7 Å². The number of benzene rings is 2. The van der Waals surface area contributed by atoms with Crippen molar-refractivity contribution in [2.45, 2.75) is 32.5 Å². The monoisotopic (exact) mass is 462 g/mol. The number of carbonyl (C=O) groups is 1. The van der Waals surface area contributed by atoms with E-state index in [4.69, 9.17) is 9.15 Å². The molecular weight excluding hydrogens is 436 g/mol. The van der Waals surface area contributed by atoms with Crippen LogP contribution in [0.25, 0.3) is 22.6 Å². The Bertz CT molecular complexity index is 1320. The molecule has 0 aliphatic rings.